The molecular formula is C25H22ClF2NO4. The Morgan fingerprint density at radius 1 is 1.03 bits per heavy atom. The van der Waals surface area contributed by atoms with Crippen molar-refractivity contribution < 1.29 is 27.8 Å². The summed E-state index contributed by atoms with van der Waals surface area (Å²) >= 11 is 6.07. The Labute approximate surface area is 195 Å². The van der Waals surface area contributed by atoms with Crippen LogP contribution in [0.25, 0.3) is 0 Å². The zero-order valence-corrected chi connectivity index (χ0v) is 18.8. The van der Waals surface area contributed by atoms with Crippen LogP contribution in [0, 0.1) is 11.6 Å². The van der Waals surface area contributed by atoms with Crippen LogP contribution in [0.15, 0.2) is 60.7 Å². The van der Waals surface area contributed by atoms with Crippen molar-refractivity contribution in [1.82, 2.24) is 5.32 Å². The predicted molar refractivity (Wildman–Crippen MR) is 121 cm³/mol. The fraction of sp³-hybridized carbons (Fsp3) is 0.200. The summed E-state index contributed by atoms with van der Waals surface area (Å²) in [6, 6.07) is 14.5. The Balaban J connectivity index is 1.73. The number of rotatable bonds is 8. The van der Waals surface area contributed by atoms with Crippen molar-refractivity contribution in [1.29, 1.82) is 0 Å². The third-order valence-electron chi connectivity index (χ3n) is 5.01. The second-order valence-electron chi connectivity index (χ2n) is 7.25. The lowest BCUT2D eigenvalue weighted by Crippen LogP contribution is -2.27. The Hall–Kier alpha value is -3.45. The molecule has 1 amide bonds. The molecule has 0 unspecified atom stereocenters. The van der Waals surface area contributed by atoms with Gasteiger partial charge < -0.3 is 14.8 Å². The maximum atomic E-state index is 13.8. The number of amides is 1. The third-order valence-corrected chi connectivity index (χ3v) is 5.25. The number of methoxy groups -OCH3 is 1. The van der Waals surface area contributed by atoms with Gasteiger partial charge in [0.25, 0.3) is 5.91 Å². The minimum atomic E-state index is -0.657. The van der Waals surface area contributed by atoms with Crippen LogP contribution in [0.4, 0.5) is 8.78 Å². The highest BCUT2D eigenvalue weighted by molar-refractivity contribution is 6.31. The van der Waals surface area contributed by atoms with E-state index in [9.17, 15) is 18.4 Å². The van der Waals surface area contributed by atoms with E-state index in [1.54, 1.807) is 37.3 Å². The summed E-state index contributed by atoms with van der Waals surface area (Å²) in [5.74, 6) is -2.02. The minimum absolute atomic E-state index is 0.0150. The summed E-state index contributed by atoms with van der Waals surface area (Å²) in [5.41, 5.74) is 1.15. The van der Waals surface area contributed by atoms with Crippen molar-refractivity contribution in [2.75, 3.05) is 13.7 Å². The van der Waals surface area contributed by atoms with Crippen LogP contribution in [-0.2, 0) is 11.2 Å². The number of carbonyl (C=O) groups is 2. The van der Waals surface area contributed by atoms with E-state index >= 15 is 0 Å². The first kappa shape index (κ1) is 24.2. The Morgan fingerprint density at radius 2 is 1.73 bits per heavy atom. The van der Waals surface area contributed by atoms with E-state index in [0.29, 0.717) is 16.1 Å². The van der Waals surface area contributed by atoms with E-state index < -0.39 is 29.6 Å². The first-order valence-corrected chi connectivity index (χ1v) is 10.5. The summed E-state index contributed by atoms with van der Waals surface area (Å²) < 4.78 is 38.1. The molecule has 3 rings (SSSR count). The topological polar surface area (TPSA) is 64.6 Å². The maximum absolute atomic E-state index is 13.8. The van der Waals surface area contributed by atoms with Gasteiger partial charge in [-0.05, 0) is 55.0 Å². The number of halogens is 3. The Morgan fingerprint density at radius 3 is 2.42 bits per heavy atom. The lowest BCUT2D eigenvalue weighted by molar-refractivity contribution is 0.0600. The smallest absolute Gasteiger partial charge is 0.337 e. The first-order chi connectivity index (χ1) is 15.8. The quantitative estimate of drug-likeness (QED) is 0.438. The molecule has 8 heteroatoms. The zero-order chi connectivity index (χ0) is 24.0. The lowest BCUT2D eigenvalue weighted by atomic mass is 10.0. The average molecular weight is 474 g/mol. The zero-order valence-electron chi connectivity index (χ0n) is 18.0. The van der Waals surface area contributed by atoms with E-state index in [4.69, 9.17) is 21.1 Å². The van der Waals surface area contributed by atoms with Gasteiger partial charge >= 0.3 is 5.97 Å². The molecule has 1 N–H and O–H groups in total. The van der Waals surface area contributed by atoms with Gasteiger partial charge in [0.1, 0.15) is 17.4 Å². The SMILES string of the molecule is COC(=O)c1cccc([C@H](C)NC(=O)c2cc(Cl)ccc2OCCc2c(F)cccc2F)c1. The molecule has 1 atom stereocenters. The molecule has 0 spiro atoms. The highest BCUT2D eigenvalue weighted by Crippen LogP contribution is 2.25. The van der Waals surface area contributed by atoms with Crippen molar-refractivity contribution in [2.24, 2.45) is 0 Å². The molecule has 0 saturated heterocycles. The average Bonchev–Trinajstić information content (AvgIpc) is 2.81. The largest absolute Gasteiger partial charge is 0.492 e. The molecule has 0 aromatic heterocycles. The molecule has 0 heterocycles. The molecule has 33 heavy (non-hydrogen) atoms. The fourth-order valence-electron chi connectivity index (χ4n) is 3.25. The van der Waals surface area contributed by atoms with E-state index in [0.717, 1.165) is 0 Å². The van der Waals surface area contributed by atoms with Crippen molar-refractivity contribution in [3.63, 3.8) is 0 Å². The summed E-state index contributed by atoms with van der Waals surface area (Å²) in [7, 11) is 1.29. The normalized spacial score (nSPS) is 11.5. The van der Waals surface area contributed by atoms with Crippen molar-refractivity contribution in [3.05, 3.63) is 99.6 Å². The monoisotopic (exact) mass is 473 g/mol. The number of benzene rings is 3. The molecule has 0 aliphatic heterocycles. The number of hydrogen-bond donors (Lipinski definition) is 1. The second-order valence-corrected chi connectivity index (χ2v) is 7.69. The molecule has 0 fully saturated rings. The van der Waals surface area contributed by atoms with Crippen LogP contribution in [0.2, 0.25) is 5.02 Å². The number of hydrogen-bond acceptors (Lipinski definition) is 4. The molecule has 3 aromatic carbocycles. The van der Waals surface area contributed by atoms with Gasteiger partial charge in [0.05, 0.1) is 30.9 Å². The van der Waals surface area contributed by atoms with Crippen molar-refractivity contribution in [2.45, 2.75) is 19.4 Å². The van der Waals surface area contributed by atoms with Crippen LogP contribution >= 0.6 is 11.6 Å². The summed E-state index contributed by atoms with van der Waals surface area (Å²) in [5, 5.41) is 3.17. The van der Waals surface area contributed by atoms with Gasteiger partial charge in [-0.1, -0.05) is 29.8 Å². The van der Waals surface area contributed by atoms with Crippen LogP contribution < -0.4 is 10.1 Å². The third kappa shape index (κ3) is 6.08. The summed E-state index contributed by atoms with van der Waals surface area (Å²) in [4.78, 5) is 24.7. The van der Waals surface area contributed by atoms with Gasteiger partial charge in [0.15, 0.2) is 0 Å². The van der Waals surface area contributed by atoms with E-state index in [1.165, 1.54) is 37.4 Å². The fourth-order valence-corrected chi connectivity index (χ4v) is 3.42. The summed E-state index contributed by atoms with van der Waals surface area (Å²) in [6.07, 6.45) is -0.0150. The minimum Gasteiger partial charge on any atom is -0.492 e. The van der Waals surface area contributed by atoms with Crippen molar-refractivity contribution in [3.8, 4) is 5.75 Å². The second kappa shape index (κ2) is 10.9. The van der Waals surface area contributed by atoms with Gasteiger partial charge in [-0.2, -0.15) is 0 Å². The van der Waals surface area contributed by atoms with Gasteiger partial charge in [0, 0.05) is 17.0 Å². The molecule has 0 radical (unpaired) electrons. The molecule has 172 valence electrons. The van der Waals surface area contributed by atoms with E-state index in [-0.39, 0.29) is 29.9 Å². The first-order valence-electron chi connectivity index (χ1n) is 10.1. The van der Waals surface area contributed by atoms with Gasteiger partial charge in [-0.25, -0.2) is 13.6 Å². The number of carbonyl (C=O) groups excluding carboxylic acids is 2. The Bertz CT molecular complexity index is 1150. The maximum Gasteiger partial charge on any atom is 0.337 e. The van der Waals surface area contributed by atoms with E-state index in [1.807, 2.05) is 0 Å². The van der Waals surface area contributed by atoms with E-state index in [2.05, 4.69) is 5.32 Å². The molecule has 3 aromatic rings. The molecule has 0 aliphatic rings. The number of nitrogens with one attached hydrogen (secondary N) is 1. The van der Waals surface area contributed by atoms with Crippen LogP contribution in [0.1, 0.15) is 44.8 Å². The van der Waals surface area contributed by atoms with Gasteiger partial charge in [-0.3, -0.25) is 4.79 Å². The van der Waals surface area contributed by atoms with Crippen molar-refractivity contribution >= 4 is 23.5 Å². The number of esters is 1. The highest BCUT2D eigenvalue weighted by Gasteiger charge is 2.18. The van der Waals surface area contributed by atoms with Gasteiger partial charge in [-0.15, -0.1) is 0 Å². The highest BCUT2D eigenvalue weighted by atomic mass is 35.5. The van der Waals surface area contributed by atoms with Gasteiger partial charge in [0.2, 0.25) is 0 Å². The van der Waals surface area contributed by atoms with Crippen LogP contribution in [-0.4, -0.2) is 25.6 Å². The van der Waals surface area contributed by atoms with Crippen LogP contribution in [0.5, 0.6) is 5.75 Å². The molecule has 0 aliphatic carbocycles. The predicted octanol–water partition coefficient (Wildman–Crippen LogP) is 5.52. The Kier molecular flexibility index (Phi) is 8.01. The molecule has 5 nitrogen and oxygen atoms in total. The number of ether oxygens (including phenoxy) is 2. The molecular weight excluding hydrogens is 452 g/mol. The van der Waals surface area contributed by atoms with Crippen LogP contribution in [0.3, 0.4) is 0 Å². The lowest BCUT2D eigenvalue weighted by Gasteiger charge is -2.17. The summed E-state index contributed by atoms with van der Waals surface area (Å²) in [6.45, 7) is 1.72. The standard InChI is InChI=1S/C25H22ClF2NO4/c1-15(16-5-3-6-17(13-16)25(31)32-2)29-24(30)20-14-18(26)9-10-23(20)33-12-11-19-21(27)7-4-8-22(19)28/h3-10,13-15H,11-12H2,1-2H3,(H,29,30)/t15-/m0/s1. The molecule has 0 bridgehead atoms. The molecule has 0 saturated carbocycles.